The van der Waals surface area contributed by atoms with E-state index in [1.54, 1.807) is 0 Å². The van der Waals surface area contributed by atoms with Crippen LogP contribution in [0.15, 0.2) is 18.2 Å². The summed E-state index contributed by atoms with van der Waals surface area (Å²) in [6.45, 7) is 9.37. The van der Waals surface area contributed by atoms with E-state index in [1.807, 2.05) is 6.92 Å². The SMILES string of the molecule is Cc1ccc(C(C)C)cc1NCC(C)N. The Labute approximate surface area is 92.9 Å². The van der Waals surface area contributed by atoms with Gasteiger partial charge in [-0.2, -0.15) is 0 Å². The number of benzene rings is 1. The van der Waals surface area contributed by atoms with E-state index in [0.717, 1.165) is 6.54 Å². The summed E-state index contributed by atoms with van der Waals surface area (Å²) in [4.78, 5) is 0. The molecule has 84 valence electrons. The van der Waals surface area contributed by atoms with Gasteiger partial charge in [-0.3, -0.25) is 0 Å². The van der Waals surface area contributed by atoms with Crippen molar-refractivity contribution in [2.75, 3.05) is 11.9 Å². The number of rotatable bonds is 4. The third-order valence-corrected chi connectivity index (χ3v) is 2.54. The molecule has 2 nitrogen and oxygen atoms in total. The molecule has 0 amide bonds. The first-order valence-electron chi connectivity index (χ1n) is 5.60. The highest BCUT2D eigenvalue weighted by atomic mass is 14.9. The summed E-state index contributed by atoms with van der Waals surface area (Å²) in [6, 6.07) is 6.77. The van der Waals surface area contributed by atoms with Crippen LogP contribution >= 0.6 is 0 Å². The van der Waals surface area contributed by atoms with Gasteiger partial charge in [0, 0.05) is 18.3 Å². The monoisotopic (exact) mass is 206 g/mol. The molecule has 0 aliphatic heterocycles. The van der Waals surface area contributed by atoms with Crippen molar-refractivity contribution in [3.8, 4) is 0 Å². The lowest BCUT2D eigenvalue weighted by Gasteiger charge is -2.14. The molecule has 1 aromatic rings. The molecule has 0 fully saturated rings. The Morgan fingerprint density at radius 1 is 1.27 bits per heavy atom. The fourth-order valence-corrected chi connectivity index (χ4v) is 1.46. The van der Waals surface area contributed by atoms with Crippen LogP contribution in [0.2, 0.25) is 0 Å². The molecule has 0 heterocycles. The van der Waals surface area contributed by atoms with Crippen LogP contribution < -0.4 is 11.1 Å². The van der Waals surface area contributed by atoms with Gasteiger partial charge in [-0.15, -0.1) is 0 Å². The lowest BCUT2D eigenvalue weighted by molar-refractivity contribution is 0.779. The van der Waals surface area contributed by atoms with Crippen molar-refractivity contribution in [2.45, 2.75) is 39.7 Å². The Morgan fingerprint density at radius 2 is 1.93 bits per heavy atom. The lowest BCUT2D eigenvalue weighted by atomic mass is 10.0. The summed E-state index contributed by atoms with van der Waals surface area (Å²) in [5, 5.41) is 3.38. The van der Waals surface area contributed by atoms with Gasteiger partial charge in [-0.25, -0.2) is 0 Å². The molecular weight excluding hydrogens is 184 g/mol. The van der Waals surface area contributed by atoms with Crippen molar-refractivity contribution in [3.63, 3.8) is 0 Å². The normalized spacial score (nSPS) is 12.9. The molecule has 2 heteroatoms. The average molecular weight is 206 g/mol. The Balaban J connectivity index is 2.81. The summed E-state index contributed by atoms with van der Waals surface area (Å²) in [7, 11) is 0. The molecule has 0 saturated carbocycles. The average Bonchev–Trinajstić information content (AvgIpc) is 2.16. The molecule has 0 spiro atoms. The van der Waals surface area contributed by atoms with Crippen molar-refractivity contribution in [1.82, 2.24) is 0 Å². The van der Waals surface area contributed by atoms with Crippen LogP contribution in [0.3, 0.4) is 0 Å². The highest BCUT2D eigenvalue weighted by Gasteiger charge is 2.03. The van der Waals surface area contributed by atoms with Crippen molar-refractivity contribution in [1.29, 1.82) is 0 Å². The lowest BCUT2D eigenvalue weighted by Crippen LogP contribution is -2.25. The zero-order valence-electron chi connectivity index (χ0n) is 10.2. The van der Waals surface area contributed by atoms with Crippen LogP contribution in [0.4, 0.5) is 5.69 Å². The quantitative estimate of drug-likeness (QED) is 0.795. The number of hydrogen-bond acceptors (Lipinski definition) is 2. The van der Waals surface area contributed by atoms with Gasteiger partial charge in [0.25, 0.3) is 0 Å². The molecule has 0 saturated heterocycles. The van der Waals surface area contributed by atoms with E-state index in [2.05, 4.69) is 44.3 Å². The number of hydrogen-bond donors (Lipinski definition) is 2. The fraction of sp³-hybridized carbons (Fsp3) is 0.538. The molecule has 1 rings (SSSR count). The van der Waals surface area contributed by atoms with E-state index in [-0.39, 0.29) is 6.04 Å². The molecule has 1 aromatic carbocycles. The van der Waals surface area contributed by atoms with E-state index in [0.29, 0.717) is 5.92 Å². The number of anilines is 1. The van der Waals surface area contributed by atoms with Crippen LogP contribution in [0.5, 0.6) is 0 Å². The summed E-state index contributed by atoms with van der Waals surface area (Å²) < 4.78 is 0. The zero-order chi connectivity index (χ0) is 11.4. The van der Waals surface area contributed by atoms with Gasteiger partial charge in [-0.1, -0.05) is 26.0 Å². The minimum atomic E-state index is 0.187. The molecular formula is C13H22N2. The highest BCUT2D eigenvalue weighted by molar-refractivity contribution is 5.53. The molecule has 3 N–H and O–H groups in total. The molecule has 0 bridgehead atoms. The molecule has 0 aromatic heterocycles. The van der Waals surface area contributed by atoms with Gasteiger partial charge in [0.05, 0.1) is 0 Å². The summed E-state index contributed by atoms with van der Waals surface area (Å²) in [5.74, 6) is 0.571. The molecule has 15 heavy (non-hydrogen) atoms. The zero-order valence-corrected chi connectivity index (χ0v) is 10.2. The maximum Gasteiger partial charge on any atom is 0.0373 e. The maximum absolute atomic E-state index is 5.73. The Morgan fingerprint density at radius 3 is 2.47 bits per heavy atom. The van der Waals surface area contributed by atoms with Crippen LogP contribution in [0, 0.1) is 6.92 Å². The molecule has 0 radical (unpaired) electrons. The van der Waals surface area contributed by atoms with Gasteiger partial charge in [0.1, 0.15) is 0 Å². The number of nitrogens with two attached hydrogens (primary N) is 1. The standard InChI is InChI=1S/C13H22N2/c1-9(2)12-6-5-10(3)13(7-12)15-8-11(4)14/h5-7,9,11,15H,8,14H2,1-4H3. The van der Waals surface area contributed by atoms with E-state index in [9.17, 15) is 0 Å². The third-order valence-electron chi connectivity index (χ3n) is 2.54. The van der Waals surface area contributed by atoms with Crippen molar-refractivity contribution in [3.05, 3.63) is 29.3 Å². The second kappa shape index (κ2) is 5.17. The van der Waals surface area contributed by atoms with Crippen LogP contribution in [-0.4, -0.2) is 12.6 Å². The summed E-state index contributed by atoms with van der Waals surface area (Å²) >= 11 is 0. The Kier molecular flexibility index (Phi) is 4.15. The molecule has 1 atom stereocenters. The Bertz CT molecular complexity index is 316. The van der Waals surface area contributed by atoms with Gasteiger partial charge >= 0.3 is 0 Å². The van der Waals surface area contributed by atoms with Gasteiger partial charge in [-0.05, 0) is 37.0 Å². The first-order chi connectivity index (χ1) is 7.00. The van der Waals surface area contributed by atoms with Crippen molar-refractivity contribution >= 4 is 5.69 Å². The Hall–Kier alpha value is -1.02. The maximum atomic E-state index is 5.73. The van der Waals surface area contributed by atoms with Crippen molar-refractivity contribution < 1.29 is 0 Å². The summed E-state index contributed by atoms with van der Waals surface area (Å²) in [6.07, 6.45) is 0. The number of aryl methyl sites for hydroxylation is 1. The topological polar surface area (TPSA) is 38.0 Å². The first kappa shape index (κ1) is 12.1. The van der Waals surface area contributed by atoms with E-state index in [4.69, 9.17) is 5.73 Å². The minimum absolute atomic E-state index is 0.187. The minimum Gasteiger partial charge on any atom is -0.383 e. The van der Waals surface area contributed by atoms with E-state index < -0.39 is 0 Å². The van der Waals surface area contributed by atoms with Crippen LogP contribution in [0.1, 0.15) is 37.8 Å². The molecule has 0 aliphatic rings. The number of nitrogens with one attached hydrogen (secondary N) is 1. The van der Waals surface area contributed by atoms with Crippen molar-refractivity contribution in [2.24, 2.45) is 5.73 Å². The molecule has 0 aliphatic carbocycles. The van der Waals surface area contributed by atoms with Crippen LogP contribution in [-0.2, 0) is 0 Å². The predicted octanol–water partition coefficient (Wildman–Crippen LogP) is 2.88. The molecule has 1 unspecified atom stereocenters. The van der Waals surface area contributed by atoms with Gasteiger partial charge in [0.15, 0.2) is 0 Å². The van der Waals surface area contributed by atoms with Gasteiger partial charge in [0.2, 0.25) is 0 Å². The first-order valence-corrected chi connectivity index (χ1v) is 5.60. The van der Waals surface area contributed by atoms with Crippen LogP contribution in [0.25, 0.3) is 0 Å². The smallest absolute Gasteiger partial charge is 0.0373 e. The third kappa shape index (κ3) is 3.56. The van der Waals surface area contributed by atoms with E-state index >= 15 is 0 Å². The predicted molar refractivity (Wildman–Crippen MR) is 67.4 cm³/mol. The van der Waals surface area contributed by atoms with E-state index in [1.165, 1.54) is 16.8 Å². The largest absolute Gasteiger partial charge is 0.383 e. The second-order valence-corrected chi connectivity index (χ2v) is 4.59. The highest BCUT2D eigenvalue weighted by Crippen LogP contribution is 2.22. The second-order valence-electron chi connectivity index (χ2n) is 4.59. The fourth-order valence-electron chi connectivity index (χ4n) is 1.46. The summed E-state index contributed by atoms with van der Waals surface area (Å²) in [5.41, 5.74) is 9.58. The van der Waals surface area contributed by atoms with Gasteiger partial charge < -0.3 is 11.1 Å².